The van der Waals surface area contributed by atoms with Crippen LogP contribution >= 0.6 is 11.3 Å². The van der Waals surface area contributed by atoms with Gasteiger partial charge in [-0.2, -0.15) is 0 Å². The zero-order valence-corrected chi connectivity index (χ0v) is 13.5. The van der Waals surface area contributed by atoms with Gasteiger partial charge in [0, 0.05) is 19.1 Å². The number of rotatable bonds is 5. The number of carbonyl (C=O) groups excluding carboxylic acids is 1. The molecule has 20 heavy (non-hydrogen) atoms. The van der Waals surface area contributed by atoms with E-state index in [0.29, 0.717) is 13.1 Å². The van der Waals surface area contributed by atoms with Gasteiger partial charge in [0.15, 0.2) is 0 Å². The van der Waals surface area contributed by atoms with Crippen molar-refractivity contribution in [3.63, 3.8) is 0 Å². The number of thiophene rings is 1. The molecule has 0 aliphatic rings. The lowest BCUT2D eigenvalue weighted by Crippen LogP contribution is -2.43. The topological polar surface area (TPSA) is 49.6 Å². The van der Waals surface area contributed by atoms with Crippen molar-refractivity contribution in [2.75, 3.05) is 33.7 Å². The fourth-order valence-electron chi connectivity index (χ4n) is 2.08. The molecule has 0 spiro atoms. The normalized spacial score (nSPS) is 11.9. The van der Waals surface area contributed by atoms with Gasteiger partial charge in [-0.3, -0.25) is 4.79 Å². The fourth-order valence-corrected chi connectivity index (χ4v) is 2.92. The number of nitrogens with two attached hydrogens (primary N) is 1. The van der Waals surface area contributed by atoms with Crippen molar-refractivity contribution in [1.29, 1.82) is 0 Å². The highest BCUT2D eigenvalue weighted by molar-refractivity contribution is 7.14. The van der Waals surface area contributed by atoms with E-state index in [1.54, 1.807) is 0 Å². The van der Waals surface area contributed by atoms with Gasteiger partial charge in [0.25, 0.3) is 5.91 Å². The fraction of sp³-hybridized carbons (Fsp3) is 0.533. The van der Waals surface area contributed by atoms with Gasteiger partial charge in [0.2, 0.25) is 0 Å². The first kappa shape index (κ1) is 16.7. The number of amides is 1. The summed E-state index contributed by atoms with van der Waals surface area (Å²) in [7, 11) is 4.03. The second kappa shape index (κ2) is 8.05. The minimum absolute atomic E-state index is 0.0765. The highest BCUT2D eigenvalue weighted by Crippen LogP contribution is 2.18. The smallest absolute Gasteiger partial charge is 0.264 e. The Hall–Kier alpha value is -1.35. The number of carbonyl (C=O) groups is 1. The van der Waals surface area contributed by atoms with Crippen LogP contribution in [0.5, 0.6) is 0 Å². The summed E-state index contributed by atoms with van der Waals surface area (Å²) in [6, 6.07) is 3.91. The van der Waals surface area contributed by atoms with E-state index in [0.717, 1.165) is 16.3 Å². The third kappa shape index (κ3) is 4.64. The minimum atomic E-state index is 0.0765. The van der Waals surface area contributed by atoms with Crippen molar-refractivity contribution in [3.8, 4) is 11.8 Å². The molecule has 5 heteroatoms. The second-order valence-corrected chi connectivity index (χ2v) is 5.96. The van der Waals surface area contributed by atoms with Crippen molar-refractivity contribution in [3.05, 3.63) is 21.9 Å². The predicted molar refractivity (Wildman–Crippen MR) is 85.0 cm³/mol. The summed E-state index contributed by atoms with van der Waals surface area (Å²) in [5, 5.41) is 0. The zero-order chi connectivity index (χ0) is 15.1. The van der Waals surface area contributed by atoms with Crippen molar-refractivity contribution < 1.29 is 4.79 Å². The third-order valence-corrected chi connectivity index (χ3v) is 3.88. The molecule has 1 rings (SSSR count). The SMILES string of the molecule is CCN(C(=O)c1ccc(C#CCN)s1)C(C)CN(C)C. The Balaban J connectivity index is 2.83. The first-order valence-electron chi connectivity index (χ1n) is 6.74. The van der Waals surface area contributed by atoms with Gasteiger partial charge in [0.05, 0.1) is 16.3 Å². The van der Waals surface area contributed by atoms with E-state index in [1.807, 2.05) is 38.1 Å². The van der Waals surface area contributed by atoms with Crippen molar-refractivity contribution in [2.45, 2.75) is 19.9 Å². The van der Waals surface area contributed by atoms with E-state index >= 15 is 0 Å². The molecule has 1 aromatic rings. The summed E-state index contributed by atoms with van der Waals surface area (Å²) in [6.45, 7) is 5.97. The number of nitrogens with zero attached hydrogens (tertiary/aromatic N) is 2. The lowest BCUT2D eigenvalue weighted by atomic mass is 10.2. The summed E-state index contributed by atoms with van der Waals surface area (Å²) in [5.74, 6) is 5.84. The largest absolute Gasteiger partial charge is 0.334 e. The summed E-state index contributed by atoms with van der Waals surface area (Å²) < 4.78 is 0. The van der Waals surface area contributed by atoms with E-state index in [2.05, 4.69) is 23.7 Å². The molecule has 0 bridgehead atoms. The van der Waals surface area contributed by atoms with Crippen molar-refractivity contribution in [2.24, 2.45) is 5.73 Å². The lowest BCUT2D eigenvalue weighted by Gasteiger charge is -2.29. The summed E-state index contributed by atoms with van der Waals surface area (Å²) in [6.07, 6.45) is 0. The Morgan fingerprint density at radius 2 is 2.15 bits per heavy atom. The lowest BCUT2D eigenvalue weighted by molar-refractivity contribution is 0.0684. The van der Waals surface area contributed by atoms with Crippen LogP contribution in [-0.4, -0.2) is 55.5 Å². The van der Waals surface area contributed by atoms with E-state index in [-0.39, 0.29) is 11.9 Å². The van der Waals surface area contributed by atoms with Crippen LogP contribution in [0.2, 0.25) is 0 Å². The van der Waals surface area contributed by atoms with Crippen LogP contribution in [-0.2, 0) is 0 Å². The summed E-state index contributed by atoms with van der Waals surface area (Å²) in [5.41, 5.74) is 5.35. The molecular formula is C15H23N3OS. The molecule has 1 heterocycles. The van der Waals surface area contributed by atoms with Crippen LogP contribution < -0.4 is 5.73 Å². The van der Waals surface area contributed by atoms with Gasteiger partial charge < -0.3 is 15.5 Å². The standard InChI is InChI=1S/C15H23N3OS/c1-5-18(12(2)11-17(3)4)15(19)14-9-8-13(20-14)7-6-10-16/h8-9,12H,5,10-11,16H2,1-4H3. The molecule has 0 radical (unpaired) electrons. The molecule has 110 valence electrons. The average molecular weight is 293 g/mol. The van der Waals surface area contributed by atoms with Crippen LogP contribution in [0.3, 0.4) is 0 Å². The Morgan fingerprint density at radius 1 is 1.45 bits per heavy atom. The number of hydrogen-bond donors (Lipinski definition) is 1. The van der Waals surface area contributed by atoms with E-state index in [1.165, 1.54) is 11.3 Å². The molecule has 2 N–H and O–H groups in total. The first-order chi connectivity index (χ1) is 9.49. The molecule has 1 aromatic heterocycles. The predicted octanol–water partition coefficient (Wildman–Crippen LogP) is 1.47. The van der Waals surface area contributed by atoms with Crippen LogP contribution in [0.25, 0.3) is 0 Å². The van der Waals surface area contributed by atoms with Crippen molar-refractivity contribution in [1.82, 2.24) is 9.80 Å². The van der Waals surface area contributed by atoms with Gasteiger partial charge in [-0.1, -0.05) is 11.8 Å². The molecule has 0 fully saturated rings. The first-order valence-corrected chi connectivity index (χ1v) is 7.55. The Kier molecular flexibility index (Phi) is 6.73. The minimum Gasteiger partial charge on any atom is -0.334 e. The molecule has 0 aromatic carbocycles. The molecule has 1 atom stereocenters. The molecule has 0 aliphatic carbocycles. The highest BCUT2D eigenvalue weighted by atomic mass is 32.1. The average Bonchev–Trinajstić information content (AvgIpc) is 2.84. The molecule has 4 nitrogen and oxygen atoms in total. The Labute approximate surface area is 125 Å². The molecular weight excluding hydrogens is 270 g/mol. The number of likely N-dealkylation sites (N-methyl/N-ethyl adjacent to an activating group) is 2. The third-order valence-electron chi connectivity index (χ3n) is 2.89. The molecule has 0 saturated carbocycles. The van der Waals surface area contributed by atoms with E-state index in [4.69, 9.17) is 5.73 Å². The second-order valence-electron chi connectivity index (χ2n) is 4.87. The van der Waals surface area contributed by atoms with E-state index < -0.39 is 0 Å². The maximum absolute atomic E-state index is 12.5. The monoisotopic (exact) mass is 293 g/mol. The quantitative estimate of drug-likeness (QED) is 0.837. The summed E-state index contributed by atoms with van der Waals surface area (Å²) >= 11 is 1.43. The van der Waals surface area contributed by atoms with E-state index in [9.17, 15) is 4.79 Å². The van der Waals surface area contributed by atoms with Crippen molar-refractivity contribution >= 4 is 17.2 Å². The molecule has 1 amide bonds. The van der Waals surface area contributed by atoms with Crippen LogP contribution in [0.1, 0.15) is 28.4 Å². The molecule has 0 aliphatic heterocycles. The Morgan fingerprint density at radius 3 is 2.70 bits per heavy atom. The highest BCUT2D eigenvalue weighted by Gasteiger charge is 2.21. The maximum atomic E-state index is 12.5. The van der Waals surface area contributed by atoms with Gasteiger partial charge in [-0.15, -0.1) is 11.3 Å². The summed E-state index contributed by atoms with van der Waals surface area (Å²) in [4.78, 5) is 18.1. The van der Waals surface area contributed by atoms with Gasteiger partial charge in [0.1, 0.15) is 0 Å². The number of hydrogen-bond acceptors (Lipinski definition) is 4. The van der Waals surface area contributed by atoms with Gasteiger partial charge >= 0.3 is 0 Å². The molecule has 1 unspecified atom stereocenters. The maximum Gasteiger partial charge on any atom is 0.264 e. The van der Waals surface area contributed by atoms with Crippen LogP contribution in [0.4, 0.5) is 0 Å². The van der Waals surface area contributed by atoms with Crippen LogP contribution in [0, 0.1) is 11.8 Å². The van der Waals surface area contributed by atoms with Gasteiger partial charge in [-0.05, 0) is 40.1 Å². The zero-order valence-electron chi connectivity index (χ0n) is 12.6. The Bertz CT molecular complexity index is 499. The van der Waals surface area contributed by atoms with Gasteiger partial charge in [-0.25, -0.2) is 0 Å². The van der Waals surface area contributed by atoms with Crippen LogP contribution in [0.15, 0.2) is 12.1 Å². The molecule has 0 saturated heterocycles.